The molecule has 1 fully saturated rings. The van der Waals surface area contributed by atoms with Gasteiger partial charge in [0.15, 0.2) is 9.84 Å². The Balaban J connectivity index is 2.08. The molecule has 16 heavy (non-hydrogen) atoms. The molecule has 1 N–H and O–H groups in total. The third-order valence-corrected chi connectivity index (χ3v) is 4.52. The van der Waals surface area contributed by atoms with E-state index in [1.54, 1.807) is 0 Å². The molecule has 0 heterocycles. The highest BCUT2D eigenvalue weighted by molar-refractivity contribution is 7.91. The minimum Gasteiger partial charge on any atom is -0.310 e. The van der Waals surface area contributed by atoms with Gasteiger partial charge in [0.05, 0.1) is 12.3 Å². The molecular weight excluding hydrogens is 226 g/mol. The molecule has 0 spiro atoms. The maximum atomic E-state index is 11.4. The van der Waals surface area contributed by atoms with Crippen LogP contribution in [0.1, 0.15) is 32.6 Å². The largest absolute Gasteiger partial charge is 0.310 e. The number of sulfone groups is 1. The van der Waals surface area contributed by atoms with Crippen molar-refractivity contribution in [1.29, 1.82) is 0 Å². The zero-order chi connectivity index (χ0) is 12.0. The van der Waals surface area contributed by atoms with E-state index in [2.05, 4.69) is 5.32 Å². The number of hydrogen-bond acceptors (Lipinski definition) is 4. The minimum atomic E-state index is -3.00. The Hall–Kier alpha value is -0.420. The Labute approximate surface area is 97.7 Å². The van der Waals surface area contributed by atoms with E-state index in [0.717, 1.165) is 12.5 Å². The van der Waals surface area contributed by atoms with Gasteiger partial charge in [-0.25, -0.2) is 8.42 Å². The Kier molecular flexibility index (Phi) is 5.41. The smallest absolute Gasteiger partial charge is 0.150 e. The maximum Gasteiger partial charge on any atom is 0.150 e. The summed E-state index contributed by atoms with van der Waals surface area (Å²) in [5.74, 6) is 0.942. The number of nitrogens with one attached hydrogen (secondary N) is 1. The number of Topliss-reactive ketones (excluding diaryl/α,β-unsaturated/α-hetero) is 1. The van der Waals surface area contributed by atoms with E-state index < -0.39 is 9.84 Å². The average Bonchev–Trinajstić information content (AvgIpc) is 2.99. The Morgan fingerprint density at radius 3 is 2.56 bits per heavy atom. The minimum absolute atomic E-state index is 0.000304. The second kappa shape index (κ2) is 6.35. The van der Waals surface area contributed by atoms with Crippen LogP contribution in [-0.4, -0.2) is 38.8 Å². The van der Waals surface area contributed by atoms with Crippen LogP contribution in [0.3, 0.4) is 0 Å². The molecule has 0 bridgehead atoms. The van der Waals surface area contributed by atoms with Crippen LogP contribution in [0.4, 0.5) is 0 Å². The number of hydrogen-bond donors (Lipinski definition) is 1. The van der Waals surface area contributed by atoms with Gasteiger partial charge >= 0.3 is 0 Å². The molecule has 1 saturated carbocycles. The van der Waals surface area contributed by atoms with Gasteiger partial charge in [-0.05, 0) is 31.7 Å². The predicted octanol–water partition coefficient (Wildman–Crippen LogP) is 0.770. The van der Waals surface area contributed by atoms with Gasteiger partial charge in [0.25, 0.3) is 0 Å². The molecule has 0 radical (unpaired) electrons. The second-order valence-corrected chi connectivity index (χ2v) is 6.82. The van der Waals surface area contributed by atoms with Crippen molar-refractivity contribution in [3.63, 3.8) is 0 Å². The molecule has 0 saturated heterocycles. The number of carbonyl (C=O) groups excluding carboxylic acids is 1. The number of ketones is 1. The van der Waals surface area contributed by atoms with Crippen LogP contribution in [0.15, 0.2) is 0 Å². The molecule has 4 nitrogen and oxygen atoms in total. The van der Waals surface area contributed by atoms with Crippen molar-refractivity contribution >= 4 is 15.6 Å². The Morgan fingerprint density at radius 2 is 2.00 bits per heavy atom. The van der Waals surface area contributed by atoms with E-state index in [-0.39, 0.29) is 23.7 Å². The lowest BCUT2D eigenvalue weighted by molar-refractivity contribution is -0.117. The highest BCUT2D eigenvalue weighted by atomic mass is 32.2. The van der Waals surface area contributed by atoms with Gasteiger partial charge in [0.1, 0.15) is 5.78 Å². The molecule has 1 aliphatic rings. The standard InChI is InChI=1S/C11H21NO3S/c1-2-6-16(14,15)7-5-11(13)9-12-8-10-3-4-10/h10,12H,2-9H2,1H3. The van der Waals surface area contributed by atoms with E-state index >= 15 is 0 Å². The fraction of sp³-hybridized carbons (Fsp3) is 0.909. The quantitative estimate of drug-likeness (QED) is 0.653. The first kappa shape index (κ1) is 13.6. The van der Waals surface area contributed by atoms with Gasteiger partial charge in [-0.15, -0.1) is 0 Å². The van der Waals surface area contributed by atoms with Crippen molar-refractivity contribution in [3.05, 3.63) is 0 Å². The Morgan fingerprint density at radius 1 is 1.31 bits per heavy atom. The maximum absolute atomic E-state index is 11.4. The van der Waals surface area contributed by atoms with Crippen LogP contribution in [0.25, 0.3) is 0 Å². The van der Waals surface area contributed by atoms with Gasteiger partial charge in [0.2, 0.25) is 0 Å². The van der Waals surface area contributed by atoms with Crippen LogP contribution in [-0.2, 0) is 14.6 Å². The second-order valence-electron chi connectivity index (χ2n) is 4.51. The average molecular weight is 247 g/mol. The van der Waals surface area contributed by atoms with Crippen LogP contribution in [0.5, 0.6) is 0 Å². The van der Waals surface area contributed by atoms with Gasteiger partial charge in [0, 0.05) is 12.2 Å². The van der Waals surface area contributed by atoms with E-state index in [0.29, 0.717) is 13.0 Å². The molecule has 0 aromatic rings. The monoisotopic (exact) mass is 247 g/mol. The van der Waals surface area contributed by atoms with Gasteiger partial charge < -0.3 is 5.32 Å². The normalized spacial score (nSPS) is 16.3. The summed E-state index contributed by atoms with van der Waals surface area (Å²) in [5, 5.41) is 3.07. The van der Waals surface area contributed by atoms with Crippen LogP contribution < -0.4 is 5.32 Å². The molecule has 0 unspecified atom stereocenters. The first-order valence-corrected chi connectivity index (χ1v) is 7.78. The van der Waals surface area contributed by atoms with Gasteiger partial charge in [-0.3, -0.25) is 4.79 Å². The zero-order valence-electron chi connectivity index (χ0n) is 9.87. The van der Waals surface area contributed by atoms with Gasteiger partial charge in [-0.1, -0.05) is 6.92 Å². The third kappa shape index (κ3) is 6.23. The topological polar surface area (TPSA) is 63.2 Å². The summed E-state index contributed by atoms with van der Waals surface area (Å²) in [6, 6.07) is 0. The summed E-state index contributed by atoms with van der Waals surface area (Å²) >= 11 is 0. The Bertz CT molecular complexity index is 320. The predicted molar refractivity (Wildman–Crippen MR) is 64.2 cm³/mol. The van der Waals surface area contributed by atoms with Crippen molar-refractivity contribution in [3.8, 4) is 0 Å². The summed E-state index contributed by atoms with van der Waals surface area (Å²) in [6.07, 6.45) is 3.29. The fourth-order valence-electron chi connectivity index (χ4n) is 1.51. The molecule has 0 aromatic heterocycles. The van der Waals surface area contributed by atoms with Crippen molar-refractivity contribution in [2.75, 3.05) is 24.6 Å². The van der Waals surface area contributed by atoms with E-state index in [1.165, 1.54) is 12.8 Å². The molecule has 1 rings (SSSR count). The van der Waals surface area contributed by atoms with E-state index in [9.17, 15) is 13.2 Å². The summed E-state index contributed by atoms with van der Waals surface area (Å²) in [7, 11) is -3.00. The summed E-state index contributed by atoms with van der Waals surface area (Å²) < 4.78 is 22.7. The van der Waals surface area contributed by atoms with Crippen molar-refractivity contribution in [1.82, 2.24) is 5.32 Å². The number of carbonyl (C=O) groups is 1. The molecular formula is C11H21NO3S. The summed E-state index contributed by atoms with van der Waals surface area (Å²) in [4.78, 5) is 11.4. The molecule has 0 atom stereocenters. The summed E-state index contributed by atoms with van der Waals surface area (Å²) in [6.45, 7) is 3.04. The lowest BCUT2D eigenvalue weighted by Crippen LogP contribution is -2.26. The molecule has 0 aromatic carbocycles. The number of rotatable bonds is 9. The van der Waals surface area contributed by atoms with Crippen LogP contribution in [0.2, 0.25) is 0 Å². The molecule has 0 amide bonds. The SMILES string of the molecule is CCCS(=O)(=O)CCC(=O)CNCC1CC1. The first-order chi connectivity index (χ1) is 7.53. The van der Waals surface area contributed by atoms with E-state index in [1.807, 2.05) is 6.92 Å². The first-order valence-electron chi connectivity index (χ1n) is 5.96. The lowest BCUT2D eigenvalue weighted by Gasteiger charge is -2.04. The molecule has 94 valence electrons. The molecule has 5 heteroatoms. The van der Waals surface area contributed by atoms with Crippen LogP contribution in [0, 0.1) is 5.92 Å². The van der Waals surface area contributed by atoms with Crippen molar-refractivity contribution < 1.29 is 13.2 Å². The van der Waals surface area contributed by atoms with Crippen molar-refractivity contribution in [2.45, 2.75) is 32.6 Å². The lowest BCUT2D eigenvalue weighted by atomic mass is 10.3. The fourth-order valence-corrected chi connectivity index (χ4v) is 2.87. The van der Waals surface area contributed by atoms with E-state index in [4.69, 9.17) is 0 Å². The van der Waals surface area contributed by atoms with Gasteiger partial charge in [-0.2, -0.15) is 0 Å². The zero-order valence-corrected chi connectivity index (χ0v) is 10.7. The highest BCUT2D eigenvalue weighted by Gasteiger charge is 2.20. The third-order valence-electron chi connectivity index (χ3n) is 2.66. The molecule has 1 aliphatic carbocycles. The van der Waals surface area contributed by atoms with Crippen LogP contribution >= 0.6 is 0 Å². The van der Waals surface area contributed by atoms with Crippen molar-refractivity contribution in [2.24, 2.45) is 5.92 Å². The highest BCUT2D eigenvalue weighted by Crippen LogP contribution is 2.27. The molecule has 0 aliphatic heterocycles. The summed E-state index contributed by atoms with van der Waals surface area (Å²) in [5.41, 5.74) is 0.